The summed E-state index contributed by atoms with van der Waals surface area (Å²) in [6.45, 7) is 1.89. The van der Waals surface area contributed by atoms with Gasteiger partial charge in [0, 0.05) is 23.3 Å². The lowest BCUT2D eigenvalue weighted by atomic mass is 10.1. The fourth-order valence-corrected chi connectivity index (χ4v) is 5.63. The van der Waals surface area contributed by atoms with Gasteiger partial charge < -0.3 is 0 Å². The van der Waals surface area contributed by atoms with Crippen molar-refractivity contribution in [3.05, 3.63) is 125 Å². The molecule has 0 fully saturated rings. The first-order valence-corrected chi connectivity index (χ1v) is 12.6. The minimum absolute atomic E-state index is 0.0373. The van der Waals surface area contributed by atoms with Gasteiger partial charge in [0.2, 0.25) is 9.84 Å². The summed E-state index contributed by atoms with van der Waals surface area (Å²) in [4.78, 5) is 10.9. The molecule has 5 rings (SSSR count). The van der Waals surface area contributed by atoms with Crippen molar-refractivity contribution in [2.24, 2.45) is 0 Å². The predicted molar refractivity (Wildman–Crippen MR) is 138 cm³/mol. The van der Waals surface area contributed by atoms with Gasteiger partial charge >= 0.3 is 0 Å². The molecule has 0 aliphatic heterocycles. The number of nitro groups is 1. The zero-order chi connectivity index (χ0) is 25.3. The minimum atomic E-state index is -4.04. The summed E-state index contributed by atoms with van der Waals surface area (Å²) in [5, 5.41) is 16.1. The Balaban J connectivity index is 1.88. The fraction of sp³-hybridized carbons (Fsp3) is 0.0357. The van der Waals surface area contributed by atoms with Crippen LogP contribution in [0.2, 0.25) is 0 Å². The van der Waals surface area contributed by atoms with Crippen LogP contribution in [0.5, 0.6) is 0 Å². The van der Waals surface area contributed by atoms with Crippen LogP contribution in [0.15, 0.2) is 119 Å². The number of benzene rings is 4. The number of sulfone groups is 1. The number of hydrogen-bond acceptors (Lipinski definition) is 5. The van der Waals surface area contributed by atoms with Crippen LogP contribution in [0.1, 0.15) is 5.56 Å². The summed E-state index contributed by atoms with van der Waals surface area (Å²) in [6.07, 6.45) is 0. The Hall–Kier alpha value is -4.56. The Labute approximate surface area is 208 Å². The normalized spacial score (nSPS) is 11.4. The minimum Gasteiger partial charge on any atom is -0.258 e. The van der Waals surface area contributed by atoms with Crippen LogP contribution >= 0.6 is 0 Å². The second-order valence-electron chi connectivity index (χ2n) is 8.26. The molecular weight excluding hydrogens is 474 g/mol. The maximum Gasteiger partial charge on any atom is 0.269 e. The summed E-state index contributed by atoms with van der Waals surface area (Å²) in [5.74, 6) is 0. The van der Waals surface area contributed by atoms with Crippen LogP contribution in [-0.2, 0) is 9.84 Å². The third-order valence-corrected chi connectivity index (χ3v) is 7.66. The molecule has 8 heteroatoms. The lowest BCUT2D eigenvalue weighted by Gasteiger charge is -2.11. The lowest BCUT2D eigenvalue weighted by Crippen LogP contribution is -2.06. The Morgan fingerprint density at radius 1 is 0.750 bits per heavy atom. The Morgan fingerprint density at radius 3 is 1.92 bits per heavy atom. The molecule has 0 bridgehead atoms. The molecule has 0 aliphatic carbocycles. The average molecular weight is 496 g/mol. The molecule has 0 radical (unpaired) electrons. The highest BCUT2D eigenvalue weighted by Crippen LogP contribution is 2.40. The topological polar surface area (TPSA) is 95.1 Å². The number of nitrogens with zero attached hydrogens (tertiary/aromatic N) is 3. The number of para-hydroxylation sites is 1. The van der Waals surface area contributed by atoms with Gasteiger partial charge in [-0.15, -0.1) is 0 Å². The number of rotatable bonds is 6. The van der Waals surface area contributed by atoms with E-state index in [1.807, 2.05) is 67.6 Å². The maximum absolute atomic E-state index is 14.2. The number of hydrogen-bond donors (Lipinski definition) is 0. The van der Waals surface area contributed by atoms with Crippen molar-refractivity contribution in [3.63, 3.8) is 0 Å². The van der Waals surface area contributed by atoms with Crippen LogP contribution in [-0.4, -0.2) is 23.1 Å². The standard InChI is InChI=1S/C28H21N3O4S/c1-20-12-18-25(19-13-20)36(34,35)28-26(21-8-4-2-5-9-21)29-30(23-10-6-3-7-11-23)27(28)22-14-16-24(17-15-22)31(32)33/h2-19H,1H3. The van der Waals surface area contributed by atoms with E-state index < -0.39 is 14.8 Å². The Bertz CT molecular complexity index is 1640. The molecular formula is C28H21N3O4S. The van der Waals surface area contributed by atoms with Crippen molar-refractivity contribution < 1.29 is 13.3 Å². The molecule has 0 atom stereocenters. The maximum atomic E-state index is 14.2. The molecule has 4 aromatic carbocycles. The van der Waals surface area contributed by atoms with Crippen LogP contribution in [0.4, 0.5) is 5.69 Å². The molecule has 1 heterocycles. The molecule has 7 nitrogen and oxygen atoms in total. The predicted octanol–water partition coefficient (Wildman–Crippen LogP) is 6.26. The average Bonchev–Trinajstić information content (AvgIpc) is 3.32. The van der Waals surface area contributed by atoms with Crippen LogP contribution in [0.3, 0.4) is 0 Å². The SMILES string of the molecule is Cc1ccc(S(=O)(=O)c2c(-c3ccccc3)nn(-c3ccccc3)c2-c2ccc([N+](=O)[O-])cc2)cc1. The van der Waals surface area contributed by atoms with Gasteiger partial charge in [-0.2, -0.15) is 5.10 Å². The highest BCUT2D eigenvalue weighted by molar-refractivity contribution is 7.91. The second-order valence-corrected chi connectivity index (χ2v) is 10.1. The van der Waals surface area contributed by atoms with Gasteiger partial charge in [-0.3, -0.25) is 10.1 Å². The van der Waals surface area contributed by atoms with Gasteiger partial charge in [-0.05, 0) is 43.3 Å². The molecule has 0 aliphatic rings. The summed E-state index contributed by atoms with van der Waals surface area (Å²) in [5.41, 5.74) is 3.27. The number of non-ortho nitro benzene ring substituents is 1. The highest BCUT2D eigenvalue weighted by Gasteiger charge is 2.32. The summed E-state index contributed by atoms with van der Waals surface area (Å²) in [7, 11) is -4.04. The van der Waals surface area contributed by atoms with Crippen LogP contribution in [0.25, 0.3) is 28.2 Å². The first-order chi connectivity index (χ1) is 17.4. The Kier molecular flexibility index (Phi) is 5.95. The lowest BCUT2D eigenvalue weighted by molar-refractivity contribution is -0.384. The van der Waals surface area contributed by atoms with E-state index >= 15 is 0 Å². The smallest absolute Gasteiger partial charge is 0.258 e. The van der Waals surface area contributed by atoms with Crippen LogP contribution < -0.4 is 0 Å². The molecule has 178 valence electrons. The van der Waals surface area contributed by atoms with Crippen molar-refractivity contribution in [2.45, 2.75) is 16.7 Å². The van der Waals surface area contributed by atoms with Crippen molar-refractivity contribution in [3.8, 4) is 28.2 Å². The quantitative estimate of drug-likeness (QED) is 0.205. The van der Waals surface area contributed by atoms with E-state index in [1.54, 1.807) is 41.1 Å². The van der Waals surface area contributed by atoms with E-state index in [4.69, 9.17) is 5.10 Å². The summed E-state index contributed by atoms with van der Waals surface area (Å²) >= 11 is 0. The van der Waals surface area contributed by atoms with E-state index in [-0.39, 0.29) is 15.5 Å². The molecule has 5 aromatic rings. The number of aryl methyl sites for hydroxylation is 1. The molecule has 36 heavy (non-hydrogen) atoms. The largest absolute Gasteiger partial charge is 0.269 e. The van der Waals surface area contributed by atoms with Crippen LogP contribution in [0, 0.1) is 17.0 Å². The van der Waals surface area contributed by atoms with E-state index in [2.05, 4.69) is 0 Å². The van der Waals surface area contributed by atoms with E-state index in [0.717, 1.165) is 5.56 Å². The second kappa shape index (κ2) is 9.24. The third-order valence-electron chi connectivity index (χ3n) is 5.84. The zero-order valence-electron chi connectivity index (χ0n) is 19.3. The first kappa shape index (κ1) is 23.2. The molecule has 0 amide bonds. The van der Waals surface area contributed by atoms with Gasteiger partial charge in [0.15, 0.2) is 0 Å². The van der Waals surface area contributed by atoms with Gasteiger partial charge in [0.1, 0.15) is 10.6 Å². The van der Waals surface area contributed by atoms with Gasteiger partial charge in [-0.1, -0.05) is 66.2 Å². The van der Waals surface area contributed by atoms with E-state index in [1.165, 1.54) is 12.1 Å². The number of nitro benzene ring substituents is 1. The van der Waals surface area contributed by atoms with Crippen molar-refractivity contribution >= 4 is 15.5 Å². The monoisotopic (exact) mass is 495 g/mol. The zero-order valence-corrected chi connectivity index (χ0v) is 20.1. The molecule has 1 aromatic heterocycles. The first-order valence-electron chi connectivity index (χ1n) is 11.2. The van der Waals surface area contributed by atoms with Crippen molar-refractivity contribution in [1.82, 2.24) is 9.78 Å². The van der Waals surface area contributed by atoms with Crippen molar-refractivity contribution in [2.75, 3.05) is 0 Å². The van der Waals surface area contributed by atoms with Gasteiger partial charge in [-0.25, -0.2) is 13.1 Å². The van der Waals surface area contributed by atoms with E-state index in [9.17, 15) is 18.5 Å². The van der Waals surface area contributed by atoms with Gasteiger partial charge in [0.05, 0.1) is 21.2 Å². The number of aromatic nitrogens is 2. The molecule has 0 N–H and O–H groups in total. The molecule has 0 spiro atoms. The molecule has 0 saturated carbocycles. The molecule has 0 saturated heterocycles. The van der Waals surface area contributed by atoms with Crippen molar-refractivity contribution in [1.29, 1.82) is 0 Å². The third kappa shape index (κ3) is 4.18. The molecule has 0 unspecified atom stereocenters. The fourth-order valence-electron chi connectivity index (χ4n) is 4.03. The van der Waals surface area contributed by atoms with Gasteiger partial charge in [0.25, 0.3) is 5.69 Å². The van der Waals surface area contributed by atoms with E-state index in [0.29, 0.717) is 28.2 Å². The summed E-state index contributed by atoms with van der Waals surface area (Å²) in [6, 6.07) is 30.8. The summed E-state index contributed by atoms with van der Waals surface area (Å²) < 4.78 is 30.0. The Morgan fingerprint density at radius 2 is 1.33 bits per heavy atom. The highest BCUT2D eigenvalue weighted by atomic mass is 32.2.